The van der Waals surface area contributed by atoms with E-state index in [1.54, 1.807) is 19.2 Å². The molecule has 0 radical (unpaired) electrons. The summed E-state index contributed by atoms with van der Waals surface area (Å²) in [5.41, 5.74) is 1.66. The Kier molecular flexibility index (Phi) is 8.39. The van der Waals surface area contributed by atoms with Gasteiger partial charge in [-0.1, -0.05) is 12.1 Å². The van der Waals surface area contributed by atoms with E-state index < -0.39 is 0 Å². The molecule has 0 unspecified atom stereocenters. The molecule has 6 heteroatoms. The lowest BCUT2D eigenvalue weighted by Gasteiger charge is -2.06. The standard InChI is InChI=1S/C18H24N2O4/c1-13(21)12-16(22)11-8-14-6-9-15(10-7-14)20-18(24)5-3-4-17(23)19-2/h6-7,9-10H,3-5,8,11-12H2,1-2H3,(H,19,23)(H,20,24). The number of rotatable bonds is 10. The number of aryl methyl sites for hydroxylation is 1. The van der Waals surface area contributed by atoms with Gasteiger partial charge >= 0.3 is 0 Å². The highest BCUT2D eigenvalue weighted by Gasteiger charge is 2.07. The van der Waals surface area contributed by atoms with Gasteiger partial charge in [0, 0.05) is 32.0 Å². The number of anilines is 1. The summed E-state index contributed by atoms with van der Waals surface area (Å²) >= 11 is 0. The molecule has 1 rings (SSSR count). The van der Waals surface area contributed by atoms with Gasteiger partial charge in [0.1, 0.15) is 11.6 Å². The molecule has 0 bridgehead atoms. The van der Waals surface area contributed by atoms with Crippen LogP contribution in [0.1, 0.15) is 44.6 Å². The monoisotopic (exact) mass is 332 g/mol. The van der Waals surface area contributed by atoms with E-state index in [1.165, 1.54) is 6.92 Å². The normalized spacial score (nSPS) is 10.1. The summed E-state index contributed by atoms with van der Waals surface area (Å²) in [6.45, 7) is 1.41. The molecule has 0 spiro atoms. The van der Waals surface area contributed by atoms with E-state index >= 15 is 0 Å². The molecule has 0 aliphatic rings. The predicted octanol–water partition coefficient (Wildman–Crippen LogP) is 2.02. The molecule has 0 aromatic heterocycles. The van der Waals surface area contributed by atoms with Gasteiger partial charge in [0.25, 0.3) is 0 Å². The van der Waals surface area contributed by atoms with Gasteiger partial charge in [0.05, 0.1) is 6.42 Å². The predicted molar refractivity (Wildman–Crippen MR) is 91.6 cm³/mol. The van der Waals surface area contributed by atoms with Gasteiger partial charge in [-0.3, -0.25) is 19.2 Å². The molecule has 0 saturated heterocycles. The molecular weight excluding hydrogens is 308 g/mol. The fraction of sp³-hybridized carbons (Fsp3) is 0.444. The van der Waals surface area contributed by atoms with Crippen molar-refractivity contribution in [1.29, 1.82) is 0 Å². The van der Waals surface area contributed by atoms with E-state index in [0.29, 0.717) is 31.4 Å². The average Bonchev–Trinajstić information content (AvgIpc) is 2.53. The number of hydrogen-bond donors (Lipinski definition) is 2. The first-order valence-electron chi connectivity index (χ1n) is 8.01. The van der Waals surface area contributed by atoms with Crippen molar-refractivity contribution in [3.05, 3.63) is 29.8 Å². The van der Waals surface area contributed by atoms with Gasteiger partial charge in [-0.15, -0.1) is 0 Å². The van der Waals surface area contributed by atoms with Gasteiger partial charge in [-0.25, -0.2) is 0 Å². The van der Waals surface area contributed by atoms with E-state index in [4.69, 9.17) is 0 Å². The topological polar surface area (TPSA) is 92.3 Å². The number of amides is 2. The van der Waals surface area contributed by atoms with E-state index in [1.807, 2.05) is 12.1 Å². The molecule has 2 amide bonds. The largest absolute Gasteiger partial charge is 0.359 e. The number of Topliss-reactive ketones (excluding diaryl/α,β-unsaturated/α-hetero) is 2. The summed E-state index contributed by atoms with van der Waals surface area (Å²) in [5.74, 6) is -0.389. The summed E-state index contributed by atoms with van der Waals surface area (Å²) in [6, 6.07) is 7.26. The summed E-state index contributed by atoms with van der Waals surface area (Å²) in [7, 11) is 1.57. The molecule has 1 aromatic rings. The number of benzene rings is 1. The van der Waals surface area contributed by atoms with E-state index in [9.17, 15) is 19.2 Å². The van der Waals surface area contributed by atoms with Crippen LogP contribution >= 0.6 is 0 Å². The molecule has 0 atom stereocenters. The lowest BCUT2D eigenvalue weighted by molar-refractivity contribution is -0.126. The highest BCUT2D eigenvalue weighted by atomic mass is 16.2. The fourth-order valence-corrected chi connectivity index (χ4v) is 2.16. The first kappa shape index (κ1) is 19.5. The highest BCUT2D eigenvalue weighted by molar-refractivity contribution is 5.98. The number of nitrogens with one attached hydrogen (secondary N) is 2. The van der Waals surface area contributed by atoms with Gasteiger partial charge in [0.15, 0.2) is 0 Å². The molecule has 1 aromatic carbocycles. The highest BCUT2D eigenvalue weighted by Crippen LogP contribution is 2.12. The van der Waals surface area contributed by atoms with Crippen LogP contribution in [0.25, 0.3) is 0 Å². The van der Waals surface area contributed by atoms with Gasteiger partial charge < -0.3 is 10.6 Å². The fourth-order valence-electron chi connectivity index (χ4n) is 2.16. The second-order valence-corrected chi connectivity index (χ2v) is 5.69. The van der Waals surface area contributed by atoms with Crippen molar-refractivity contribution in [2.45, 2.75) is 45.4 Å². The van der Waals surface area contributed by atoms with Crippen LogP contribution in [0.5, 0.6) is 0 Å². The van der Waals surface area contributed by atoms with Crippen LogP contribution in [-0.4, -0.2) is 30.4 Å². The Morgan fingerprint density at radius 2 is 1.54 bits per heavy atom. The van der Waals surface area contributed by atoms with Gasteiger partial charge in [-0.2, -0.15) is 0 Å². The minimum absolute atomic E-state index is 0.00973. The number of hydrogen-bond acceptors (Lipinski definition) is 4. The number of carbonyl (C=O) groups is 4. The van der Waals surface area contributed by atoms with E-state index in [-0.39, 0.29) is 36.2 Å². The van der Waals surface area contributed by atoms with Crippen molar-refractivity contribution in [2.75, 3.05) is 12.4 Å². The molecule has 2 N–H and O–H groups in total. The summed E-state index contributed by atoms with van der Waals surface area (Å²) in [6.07, 6.45) is 2.02. The van der Waals surface area contributed by atoms with Crippen molar-refractivity contribution >= 4 is 29.1 Å². The average molecular weight is 332 g/mol. The van der Waals surface area contributed by atoms with Crippen LogP contribution in [0.4, 0.5) is 5.69 Å². The quantitative estimate of drug-likeness (QED) is 0.641. The molecule has 0 aliphatic carbocycles. The summed E-state index contributed by atoms with van der Waals surface area (Å²) < 4.78 is 0. The Hall–Kier alpha value is -2.50. The maximum atomic E-state index is 11.8. The third-order valence-corrected chi connectivity index (χ3v) is 3.46. The van der Waals surface area contributed by atoms with E-state index in [2.05, 4.69) is 10.6 Å². The Morgan fingerprint density at radius 1 is 0.917 bits per heavy atom. The smallest absolute Gasteiger partial charge is 0.224 e. The zero-order valence-corrected chi connectivity index (χ0v) is 14.2. The first-order chi connectivity index (χ1) is 11.4. The molecule has 0 aliphatic heterocycles. The minimum Gasteiger partial charge on any atom is -0.359 e. The summed E-state index contributed by atoms with van der Waals surface area (Å²) in [5, 5.41) is 5.28. The van der Waals surface area contributed by atoms with Crippen molar-refractivity contribution in [3.63, 3.8) is 0 Å². The number of ketones is 2. The first-order valence-corrected chi connectivity index (χ1v) is 8.01. The van der Waals surface area contributed by atoms with Crippen LogP contribution in [0.2, 0.25) is 0 Å². The minimum atomic E-state index is -0.136. The Morgan fingerprint density at radius 3 is 2.12 bits per heavy atom. The Balaban J connectivity index is 2.36. The van der Waals surface area contributed by atoms with E-state index in [0.717, 1.165) is 5.56 Å². The molecule has 130 valence electrons. The Labute approximate surface area is 142 Å². The van der Waals surface area contributed by atoms with Gasteiger partial charge in [-0.05, 0) is 37.5 Å². The maximum absolute atomic E-state index is 11.8. The molecule has 0 fully saturated rings. The molecule has 0 heterocycles. The SMILES string of the molecule is CNC(=O)CCCC(=O)Nc1ccc(CCC(=O)CC(C)=O)cc1. The van der Waals surface area contributed by atoms with Crippen molar-refractivity contribution in [2.24, 2.45) is 0 Å². The molecule has 6 nitrogen and oxygen atoms in total. The molecular formula is C18H24N2O4. The summed E-state index contributed by atoms with van der Waals surface area (Å²) in [4.78, 5) is 45.2. The lowest BCUT2D eigenvalue weighted by Crippen LogP contribution is -2.18. The zero-order valence-electron chi connectivity index (χ0n) is 14.2. The second-order valence-electron chi connectivity index (χ2n) is 5.69. The van der Waals surface area contributed by atoms with Crippen LogP contribution < -0.4 is 10.6 Å². The van der Waals surface area contributed by atoms with Crippen LogP contribution in [0.15, 0.2) is 24.3 Å². The van der Waals surface area contributed by atoms with Crippen molar-refractivity contribution in [1.82, 2.24) is 5.32 Å². The van der Waals surface area contributed by atoms with Crippen molar-refractivity contribution < 1.29 is 19.2 Å². The maximum Gasteiger partial charge on any atom is 0.224 e. The number of carbonyl (C=O) groups excluding carboxylic acids is 4. The van der Waals surface area contributed by atoms with Crippen LogP contribution in [0.3, 0.4) is 0 Å². The van der Waals surface area contributed by atoms with Crippen molar-refractivity contribution in [3.8, 4) is 0 Å². The van der Waals surface area contributed by atoms with Crippen LogP contribution in [0, 0.1) is 0 Å². The van der Waals surface area contributed by atoms with Gasteiger partial charge in [0.2, 0.25) is 11.8 Å². The molecule has 24 heavy (non-hydrogen) atoms. The lowest BCUT2D eigenvalue weighted by atomic mass is 10.0. The third kappa shape index (κ3) is 8.22. The van der Waals surface area contributed by atoms with Crippen LogP contribution in [-0.2, 0) is 25.6 Å². The molecule has 0 saturated carbocycles. The second kappa shape index (κ2) is 10.3. The Bertz CT molecular complexity index is 594. The zero-order chi connectivity index (χ0) is 17.9. The third-order valence-electron chi connectivity index (χ3n) is 3.46.